The van der Waals surface area contributed by atoms with Gasteiger partial charge in [-0.15, -0.1) is 0 Å². The highest BCUT2D eigenvalue weighted by Gasteiger charge is 2.13. The third kappa shape index (κ3) is 9.09. The normalized spacial score (nSPS) is 8.60. The van der Waals surface area contributed by atoms with Crippen molar-refractivity contribution in [3.05, 3.63) is 0 Å². The maximum Gasteiger partial charge on any atom is 0.347 e. The lowest BCUT2D eigenvalue weighted by atomic mass is 10.5. The fraction of sp³-hybridized carbons (Fsp3) is 0.833. The Bertz CT molecular complexity index is 286. The number of rotatable bonds is 3. The van der Waals surface area contributed by atoms with Crippen LogP contribution in [-0.4, -0.2) is 100 Å². The monoisotopic (exact) mass is 328 g/mol. The van der Waals surface area contributed by atoms with Gasteiger partial charge < -0.3 is 24.8 Å². The van der Waals surface area contributed by atoms with Crippen LogP contribution in [0.2, 0.25) is 0 Å². The van der Waals surface area contributed by atoms with E-state index in [1.807, 2.05) is 56.4 Å². The van der Waals surface area contributed by atoms with Crippen molar-refractivity contribution in [2.45, 2.75) is 0 Å². The van der Waals surface area contributed by atoms with E-state index in [2.05, 4.69) is 29.6 Å². The van der Waals surface area contributed by atoms with Crippen molar-refractivity contribution in [1.29, 1.82) is 0 Å². The van der Waals surface area contributed by atoms with Gasteiger partial charge in [0.2, 0.25) is 0 Å². The van der Waals surface area contributed by atoms with Gasteiger partial charge in [-0.05, 0) is 0 Å². The van der Waals surface area contributed by atoms with E-state index in [1.165, 1.54) is 0 Å². The molecule has 0 aromatic rings. The Morgan fingerprint density at radius 3 is 1.10 bits per heavy atom. The summed E-state index contributed by atoms with van der Waals surface area (Å²) in [5, 5.41) is 6.81. The van der Waals surface area contributed by atoms with Gasteiger partial charge in [0, 0.05) is 0 Å². The molecule has 0 spiro atoms. The van der Waals surface area contributed by atoms with Crippen LogP contribution in [0.5, 0.6) is 0 Å². The van der Waals surface area contributed by atoms with Crippen molar-refractivity contribution >= 4 is 11.9 Å². The van der Waals surface area contributed by atoms with E-state index in [0.29, 0.717) is 0 Å². The molecule has 0 bridgehead atoms. The van der Waals surface area contributed by atoms with E-state index in [0.717, 1.165) is 25.0 Å². The fourth-order valence-corrected chi connectivity index (χ4v) is 1.78. The first-order valence-corrected chi connectivity index (χ1v) is 6.18. The van der Waals surface area contributed by atoms with Gasteiger partial charge in [-0.25, -0.2) is 0 Å². The highest BCUT2D eigenvalue weighted by molar-refractivity contribution is 5.75. The third-order valence-corrected chi connectivity index (χ3v) is 2.39. The van der Waals surface area contributed by atoms with E-state index in [-0.39, 0.29) is 24.8 Å². The molecule has 6 nitrogen and oxygen atoms in total. The molecular weight excluding hydrogens is 299 g/mol. The molecule has 0 aliphatic heterocycles. The van der Waals surface area contributed by atoms with Crippen LogP contribution < -0.4 is 35.4 Å². The van der Waals surface area contributed by atoms with Gasteiger partial charge in [0.05, 0.1) is 69.5 Å². The second kappa shape index (κ2) is 11.9. The van der Waals surface area contributed by atoms with Crippen LogP contribution in [0.15, 0.2) is 0 Å². The first-order chi connectivity index (χ1) is 8.27. The largest absolute Gasteiger partial charge is 1.00 e. The second-order valence-electron chi connectivity index (χ2n) is 5.08. The quantitative estimate of drug-likeness (QED) is 0.234. The Hall–Kier alpha value is -0.880. The summed E-state index contributed by atoms with van der Waals surface area (Å²) >= 11 is 0. The summed E-state index contributed by atoms with van der Waals surface area (Å²) < 4.78 is 4.14. The van der Waals surface area contributed by atoms with Crippen LogP contribution >= 0.6 is 0 Å². The smallest absolute Gasteiger partial charge is 0.347 e. The molecule has 0 fully saturated rings. The van der Waals surface area contributed by atoms with Gasteiger partial charge >= 0.3 is 11.9 Å². The van der Waals surface area contributed by atoms with E-state index in [4.69, 9.17) is 0 Å². The number of guanidine groups is 2. The van der Waals surface area contributed by atoms with Crippen molar-refractivity contribution < 1.29 is 34.0 Å². The Kier molecular flexibility index (Phi) is 14.4. The number of halogens is 2. The Balaban J connectivity index is -0.00000144. The molecule has 0 rings (SSSR count). The maximum atomic E-state index is 3.41. The lowest BCUT2D eigenvalue weighted by molar-refractivity contribution is -0.472. The van der Waals surface area contributed by atoms with Gasteiger partial charge in [0.25, 0.3) is 0 Å². The van der Waals surface area contributed by atoms with Crippen LogP contribution in [0.3, 0.4) is 0 Å². The topological polar surface area (TPSA) is 36.6 Å². The molecule has 0 aromatic heterocycles. The van der Waals surface area contributed by atoms with Crippen LogP contribution in [0.1, 0.15) is 0 Å². The summed E-state index contributed by atoms with van der Waals surface area (Å²) in [5.41, 5.74) is 0. The number of hydrogen-bond acceptors (Lipinski definition) is 0. The summed E-state index contributed by atoms with van der Waals surface area (Å²) in [4.78, 5) is 4.14. The van der Waals surface area contributed by atoms with Gasteiger partial charge in [-0.1, -0.05) is 0 Å². The highest BCUT2D eigenvalue weighted by atomic mass is 35.5. The van der Waals surface area contributed by atoms with Crippen LogP contribution in [0.4, 0.5) is 0 Å². The predicted octanol–water partition coefficient (Wildman–Crippen LogP) is -7.45. The zero-order chi connectivity index (χ0) is 14.3. The summed E-state index contributed by atoms with van der Waals surface area (Å²) in [6.45, 7) is 1.74. The van der Waals surface area contributed by atoms with Crippen molar-refractivity contribution in [1.82, 2.24) is 20.4 Å². The molecule has 0 saturated heterocycles. The summed E-state index contributed by atoms with van der Waals surface area (Å²) in [7, 11) is 16.3. The van der Waals surface area contributed by atoms with E-state index in [9.17, 15) is 0 Å². The van der Waals surface area contributed by atoms with Gasteiger partial charge in [-0.3, -0.25) is 29.6 Å². The van der Waals surface area contributed by atoms with Gasteiger partial charge in [0.15, 0.2) is 0 Å². The number of nitrogens with one attached hydrogen (secondary N) is 2. The van der Waals surface area contributed by atoms with Gasteiger partial charge in [-0.2, -0.15) is 0 Å². The Morgan fingerprint density at radius 2 is 0.950 bits per heavy atom. The van der Waals surface area contributed by atoms with Crippen molar-refractivity contribution in [3.63, 3.8) is 0 Å². The molecule has 0 aliphatic carbocycles. The van der Waals surface area contributed by atoms with Crippen LogP contribution in [-0.2, 0) is 0 Å². The molecule has 20 heavy (non-hydrogen) atoms. The van der Waals surface area contributed by atoms with Crippen molar-refractivity contribution in [3.8, 4) is 0 Å². The lowest BCUT2D eigenvalue weighted by Crippen LogP contribution is -3.00. The van der Waals surface area contributed by atoms with Crippen LogP contribution in [0.25, 0.3) is 0 Å². The van der Waals surface area contributed by atoms with E-state index < -0.39 is 0 Å². The minimum Gasteiger partial charge on any atom is -1.00 e. The van der Waals surface area contributed by atoms with E-state index >= 15 is 0 Å². The molecule has 0 radical (unpaired) electrons. The Labute approximate surface area is 136 Å². The first kappa shape index (κ1) is 24.2. The van der Waals surface area contributed by atoms with Gasteiger partial charge in [0.1, 0.15) is 0 Å². The molecule has 0 aromatic carbocycles. The molecular formula is C12H30Cl2N6. The standard InChI is InChI=1S/C12H28N6.2ClH/c1-15(2)11(16(3)4)13-9-10-14-12(17(5)6)18(7)8;;/h9-10H2,1-8H3;2*1H. The molecule has 0 amide bonds. The highest BCUT2D eigenvalue weighted by Crippen LogP contribution is 1.79. The zero-order valence-electron chi connectivity index (χ0n) is 14.0. The molecule has 0 unspecified atom stereocenters. The zero-order valence-corrected chi connectivity index (χ0v) is 15.5. The number of hydrogen-bond donors (Lipinski definition) is 2. The van der Waals surface area contributed by atoms with E-state index in [1.54, 1.807) is 0 Å². The fourth-order valence-electron chi connectivity index (χ4n) is 1.78. The summed E-state index contributed by atoms with van der Waals surface area (Å²) in [6.07, 6.45) is 0. The SMILES string of the molecule is CN(C)C(NCCNC(N(C)C)=[N+](C)C)=[N+](C)C.[Cl-].[Cl-]. The second-order valence-corrected chi connectivity index (χ2v) is 5.08. The lowest BCUT2D eigenvalue weighted by Gasteiger charge is -2.14. The molecule has 8 heteroatoms. The molecule has 0 atom stereocenters. The summed E-state index contributed by atoms with van der Waals surface area (Å²) in [5.74, 6) is 2.21. The van der Waals surface area contributed by atoms with Crippen LogP contribution in [0, 0.1) is 0 Å². The van der Waals surface area contributed by atoms with Crippen molar-refractivity contribution in [2.24, 2.45) is 0 Å². The van der Waals surface area contributed by atoms with Crippen molar-refractivity contribution in [2.75, 3.05) is 69.5 Å². The molecule has 2 N–H and O–H groups in total. The minimum absolute atomic E-state index is 0. The molecule has 0 saturated carbocycles. The summed E-state index contributed by atoms with van der Waals surface area (Å²) in [6, 6.07) is 0. The Morgan fingerprint density at radius 1 is 0.700 bits per heavy atom. The maximum absolute atomic E-state index is 3.41. The number of nitrogens with zero attached hydrogens (tertiary/aromatic N) is 4. The average molecular weight is 329 g/mol. The molecule has 122 valence electrons. The first-order valence-electron chi connectivity index (χ1n) is 6.18. The average Bonchev–Trinajstić information content (AvgIpc) is 2.20. The third-order valence-electron chi connectivity index (χ3n) is 2.39. The molecule has 0 heterocycles. The minimum atomic E-state index is 0. The molecule has 0 aliphatic rings. The predicted molar refractivity (Wildman–Crippen MR) is 77.6 cm³/mol.